The van der Waals surface area contributed by atoms with Gasteiger partial charge in [-0.3, -0.25) is 0 Å². The fourth-order valence-electron chi connectivity index (χ4n) is 4.14. The van der Waals surface area contributed by atoms with Crippen LogP contribution in [0.3, 0.4) is 0 Å². The second-order valence-electron chi connectivity index (χ2n) is 5.93. The maximum atomic E-state index is 6.06. The van der Waals surface area contributed by atoms with Crippen molar-refractivity contribution in [2.24, 2.45) is 5.92 Å². The van der Waals surface area contributed by atoms with Gasteiger partial charge in [0.05, 0.1) is 13.2 Å². The van der Waals surface area contributed by atoms with Crippen LogP contribution in [0.1, 0.15) is 37.3 Å². The van der Waals surface area contributed by atoms with Crippen LogP contribution in [-0.4, -0.2) is 19.0 Å². The van der Waals surface area contributed by atoms with Crippen molar-refractivity contribution in [2.75, 3.05) is 13.2 Å². The van der Waals surface area contributed by atoms with Gasteiger partial charge in [-0.25, -0.2) is 0 Å². The Balaban J connectivity index is 1.83. The van der Waals surface area contributed by atoms with Crippen molar-refractivity contribution >= 4 is 5.57 Å². The van der Waals surface area contributed by atoms with Crippen LogP contribution < -0.4 is 0 Å². The summed E-state index contributed by atoms with van der Waals surface area (Å²) in [6.45, 7) is 3.78. The summed E-state index contributed by atoms with van der Waals surface area (Å²) >= 11 is 0. The third kappa shape index (κ3) is 1.63. The Morgan fingerprint density at radius 1 is 1.16 bits per heavy atom. The highest BCUT2D eigenvalue weighted by molar-refractivity contribution is 5.72. The van der Waals surface area contributed by atoms with E-state index >= 15 is 0 Å². The highest BCUT2D eigenvalue weighted by atomic mass is 16.7. The Bertz CT molecular complexity index is 538. The first kappa shape index (κ1) is 11.7. The van der Waals surface area contributed by atoms with Crippen LogP contribution in [0.25, 0.3) is 5.57 Å². The second-order valence-corrected chi connectivity index (χ2v) is 5.93. The normalized spacial score (nSPS) is 28.4. The summed E-state index contributed by atoms with van der Waals surface area (Å²) in [7, 11) is 0. The zero-order valence-electron chi connectivity index (χ0n) is 11.4. The van der Waals surface area contributed by atoms with Crippen LogP contribution >= 0.6 is 0 Å². The Kier molecular flexibility index (Phi) is 2.58. The van der Waals surface area contributed by atoms with Gasteiger partial charge >= 0.3 is 0 Å². The summed E-state index contributed by atoms with van der Waals surface area (Å²) in [6, 6.07) is 8.80. The number of allylic oxidation sites excluding steroid dienone is 1. The molecule has 2 fully saturated rings. The van der Waals surface area contributed by atoms with E-state index in [9.17, 15) is 0 Å². The van der Waals surface area contributed by atoms with Crippen LogP contribution in [0, 0.1) is 5.92 Å². The van der Waals surface area contributed by atoms with Gasteiger partial charge < -0.3 is 9.47 Å². The molecular formula is C17H20O2. The van der Waals surface area contributed by atoms with Gasteiger partial charge in [0.2, 0.25) is 0 Å². The molecule has 1 aromatic rings. The van der Waals surface area contributed by atoms with E-state index < -0.39 is 0 Å². The summed E-state index contributed by atoms with van der Waals surface area (Å²) in [4.78, 5) is 0. The molecule has 1 aromatic carbocycles. The molecule has 0 bridgehead atoms. The van der Waals surface area contributed by atoms with E-state index in [0.29, 0.717) is 5.92 Å². The third-order valence-corrected chi connectivity index (χ3v) is 5.03. The van der Waals surface area contributed by atoms with Crippen molar-refractivity contribution in [1.82, 2.24) is 0 Å². The van der Waals surface area contributed by atoms with Crippen LogP contribution in [0.15, 0.2) is 29.8 Å². The molecule has 2 nitrogen and oxygen atoms in total. The van der Waals surface area contributed by atoms with Gasteiger partial charge in [-0.05, 0) is 42.9 Å². The monoisotopic (exact) mass is 256 g/mol. The first-order chi connectivity index (χ1) is 9.30. The summed E-state index contributed by atoms with van der Waals surface area (Å²) in [5.74, 6) is 0.112. The minimum absolute atomic E-state index is 0.317. The summed E-state index contributed by atoms with van der Waals surface area (Å²) in [5.41, 5.74) is 5.93. The standard InChI is InChI=1S/C17H20O2/c1-12-14-6-3-2-5-13(14)11-16-15(12)7-4-8-17(16)18-9-10-19-17/h2-3,5-6,16H,4,7-11H2,1H3. The molecule has 19 heavy (non-hydrogen) atoms. The quantitative estimate of drug-likeness (QED) is 0.706. The molecule has 1 spiro atoms. The zero-order chi connectivity index (χ0) is 12.9. The van der Waals surface area contributed by atoms with Gasteiger partial charge in [-0.1, -0.05) is 29.8 Å². The van der Waals surface area contributed by atoms with Gasteiger partial charge in [0.1, 0.15) is 0 Å². The molecule has 1 saturated heterocycles. The first-order valence-corrected chi connectivity index (χ1v) is 7.36. The Labute approximate surface area is 114 Å². The highest BCUT2D eigenvalue weighted by Gasteiger charge is 2.49. The first-order valence-electron chi connectivity index (χ1n) is 7.36. The van der Waals surface area contributed by atoms with Gasteiger partial charge in [0, 0.05) is 12.3 Å². The second kappa shape index (κ2) is 4.19. The van der Waals surface area contributed by atoms with Gasteiger partial charge in [-0.15, -0.1) is 0 Å². The smallest absolute Gasteiger partial charge is 0.175 e. The molecule has 0 radical (unpaired) electrons. The minimum Gasteiger partial charge on any atom is -0.347 e. The minimum atomic E-state index is -0.317. The van der Waals surface area contributed by atoms with Crippen LogP contribution in [-0.2, 0) is 15.9 Å². The highest BCUT2D eigenvalue weighted by Crippen LogP contribution is 2.50. The average Bonchev–Trinajstić information content (AvgIpc) is 2.90. The Hall–Kier alpha value is -1.12. The van der Waals surface area contributed by atoms with Gasteiger partial charge in [0.25, 0.3) is 0 Å². The number of benzene rings is 1. The largest absolute Gasteiger partial charge is 0.347 e. The number of hydrogen-bond donors (Lipinski definition) is 0. The van der Waals surface area contributed by atoms with Crippen molar-refractivity contribution in [3.8, 4) is 0 Å². The van der Waals surface area contributed by atoms with E-state index in [1.54, 1.807) is 5.57 Å². The lowest BCUT2D eigenvalue weighted by Gasteiger charge is -2.44. The third-order valence-electron chi connectivity index (χ3n) is 5.03. The molecule has 2 heteroatoms. The molecule has 1 aliphatic heterocycles. The maximum Gasteiger partial charge on any atom is 0.175 e. The lowest BCUT2D eigenvalue weighted by molar-refractivity contribution is -0.199. The topological polar surface area (TPSA) is 18.5 Å². The molecule has 1 saturated carbocycles. The molecule has 4 rings (SSSR count). The van der Waals surface area contributed by atoms with E-state index in [1.807, 2.05) is 0 Å². The molecule has 1 unspecified atom stereocenters. The molecular weight excluding hydrogens is 236 g/mol. The van der Waals surface area contributed by atoms with Crippen LogP contribution in [0.4, 0.5) is 0 Å². The van der Waals surface area contributed by atoms with E-state index in [0.717, 1.165) is 26.1 Å². The van der Waals surface area contributed by atoms with Crippen molar-refractivity contribution in [1.29, 1.82) is 0 Å². The molecule has 0 amide bonds. The lowest BCUT2D eigenvalue weighted by atomic mass is 9.69. The number of rotatable bonds is 0. The molecule has 3 aliphatic rings. The Morgan fingerprint density at radius 2 is 1.95 bits per heavy atom. The number of hydrogen-bond acceptors (Lipinski definition) is 2. The number of fused-ring (bicyclic) bond motifs is 3. The fraction of sp³-hybridized carbons (Fsp3) is 0.529. The van der Waals surface area contributed by atoms with Crippen LogP contribution in [0.2, 0.25) is 0 Å². The van der Waals surface area contributed by atoms with Crippen molar-refractivity contribution in [3.05, 3.63) is 41.0 Å². The van der Waals surface area contributed by atoms with E-state index in [2.05, 4.69) is 31.2 Å². The molecule has 2 aliphatic carbocycles. The predicted octanol–water partition coefficient (Wildman–Crippen LogP) is 3.56. The zero-order valence-corrected chi connectivity index (χ0v) is 11.4. The van der Waals surface area contributed by atoms with Crippen molar-refractivity contribution in [3.63, 3.8) is 0 Å². The summed E-state index contributed by atoms with van der Waals surface area (Å²) in [6.07, 6.45) is 4.52. The molecule has 1 atom stereocenters. The van der Waals surface area contributed by atoms with E-state index in [1.165, 1.54) is 29.5 Å². The summed E-state index contributed by atoms with van der Waals surface area (Å²) < 4.78 is 12.1. The summed E-state index contributed by atoms with van der Waals surface area (Å²) in [5, 5.41) is 0. The Morgan fingerprint density at radius 3 is 2.79 bits per heavy atom. The predicted molar refractivity (Wildman–Crippen MR) is 74.7 cm³/mol. The van der Waals surface area contributed by atoms with Crippen molar-refractivity contribution in [2.45, 2.75) is 38.4 Å². The van der Waals surface area contributed by atoms with Gasteiger partial charge in [-0.2, -0.15) is 0 Å². The molecule has 100 valence electrons. The fourth-order valence-corrected chi connectivity index (χ4v) is 4.14. The van der Waals surface area contributed by atoms with E-state index in [4.69, 9.17) is 9.47 Å². The lowest BCUT2D eigenvalue weighted by Crippen LogP contribution is -2.45. The van der Waals surface area contributed by atoms with Crippen molar-refractivity contribution < 1.29 is 9.47 Å². The SMILES string of the molecule is CC1=C2CCCC3(OCCO3)C2Cc2ccccc21. The average molecular weight is 256 g/mol. The molecule has 0 aromatic heterocycles. The van der Waals surface area contributed by atoms with Crippen LogP contribution in [0.5, 0.6) is 0 Å². The number of ether oxygens (including phenoxy) is 2. The molecule has 1 heterocycles. The van der Waals surface area contributed by atoms with Gasteiger partial charge in [0.15, 0.2) is 5.79 Å². The van der Waals surface area contributed by atoms with E-state index in [-0.39, 0.29) is 5.79 Å². The molecule has 0 N–H and O–H groups in total. The maximum absolute atomic E-state index is 6.06.